The van der Waals surface area contributed by atoms with Crippen LogP contribution in [-0.4, -0.2) is 17.6 Å². The largest absolute Gasteiger partial charge is 0.409 e. The van der Waals surface area contributed by atoms with E-state index in [2.05, 4.69) is 34.7 Å². The van der Waals surface area contributed by atoms with Gasteiger partial charge in [0, 0.05) is 18.2 Å². The summed E-state index contributed by atoms with van der Waals surface area (Å²) in [5.41, 5.74) is 6.56. The molecule has 2 aromatic rings. The van der Waals surface area contributed by atoms with E-state index in [1.807, 2.05) is 25.1 Å². The Morgan fingerprint density at radius 3 is 2.72 bits per heavy atom. The van der Waals surface area contributed by atoms with Crippen molar-refractivity contribution in [3.63, 3.8) is 0 Å². The second-order valence-corrected chi connectivity index (χ2v) is 4.37. The molecule has 4 nitrogen and oxygen atoms in total. The average Bonchev–Trinajstić information content (AvgIpc) is 2.43. The highest BCUT2D eigenvalue weighted by atomic mass is 16.4. The second kappa shape index (κ2) is 5.40. The molecule has 2 rings (SSSR count). The van der Waals surface area contributed by atoms with E-state index in [0.29, 0.717) is 6.54 Å². The molecule has 4 heteroatoms. The number of amidine groups is 1. The number of nitrogens with zero attached hydrogens (tertiary/aromatic N) is 1. The summed E-state index contributed by atoms with van der Waals surface area (Å²) in [6, 6.07) is 14.4. The van der Waals surface area contributed by atoms with Gasteiger partial charge in [-0.15, -0.1) is 0 Å². The second-order valence-electron chi connectivity index (χ2n) is 4.37. The van der Waals surface area contributed by atoms with Crippen LogP contribution >= 0.6 is 0 Å². The molecular weight excluding hydrogens is 226 g/mol. The molecular formula is C14H17N3O. The van der Waals surface area contributed by atoms with E-state index >= 15 is 0 Å². The third-order valence-electron chi connectivity index (χ3n) is 2.98. The summed E-state index contributed by atoms with van der Waals surface area (Å²) in [5, 5.41) is 17.3. The molecule has 0 aliphatic rings. The van der Waals surface area contributed by atoms with Crippen LogP contribution in [0.15, 0.2) is 47.6 Å². The zero-order chi connectivity index (χ0) is 13.0. The summed E-state index contributed by atoms with van der Waals surface area (Å²) < 4.78 is 0. The van der Waals surface area contributed by atoms with Gasteiger partial charge in [-0.1, -0.05) is 42.4 Å². The number of rotatable bonds is 4. The first-order valence-electron chi connectivity index (χ1n) is 5.91. The molecule has 0 amide bonds. The maximum absolute atomic E-state index is 8.58. The molecule has 1 unspecified atom stereocenters. The first-order valence-corrected chi connectivity index (χ1v) is 5.91. The van der Waals surface area contributed by atoms with Gasteiger partial charge >= 0.3 is 0 Å². The average molecular weight is 243 g/mol. The normalized spacial score (nSPS) is 13.5. The van der Waals surface area contributed by atoms with E-state index in [1.165, 1.54) is 10.8 Å². The van der Waals surface area contributed by atoms with Crippen molar-refractivity contribution in [2.45, 2.75) is 6.92 Å². The summed E-state index contributed by atoms with van der Waals surface area (Å²) in [4.78, 5) is 0. The highest BCUT2D eigenvalue weighted by Gasteiger charge is 2.06. The summed E-state index contributed by atoms with van der Waals surface area (Å²) in [5.74, 6) is 0.227. The minimum atomic E-state index is -0.0125. The summed E-state index contributed by atoms with van der Waals surface area (Å²) in [6.45, 7) is 2.54. The first-order chi connectivity index (χ1) is 8.70. The number of anilines is 1. The van der Waals surface area contributed by atoms with Gasteiger partial charge in [-0.3, -0.25) is 0 Å². The van der Waals surface area contributed by atoms with Crippen molar-refractivity contribution in [1.29, 1.82) is 0 Å². The topological polar surface area (TPSA) is 70.6 Å². The zero-order valence-corrected chi connectivity index (χ0v) is 10.3. The minimum absolute atomic E-state index is 0.0125. The van der Waals surface area contributed by atoms with Gasteiger partial charge in [-0.25, -0.2) is 0 Å². The van der Waals surface area contributed by atoms with Crippen LogP contribution in [0.5, 0.6) is 0 Å². The number of fused-ring (bicyclic) bond motifs is 1. The van der Waals surface area contributed by atoms with Gasteiger partial charge in [0.15, 0.2) is 0 Å². The van der Waals surface area contributed by atoms with E-state index in [9.17, 15) is 0 Å². The molecule has 94 valence electrons. The summed E-state index contributed by atoms with van der Waals surface area (Å²) in [6.07, 6.45) is 0. The van der Waals surface area contributed by atoms with E-state index in [-0.39, 0.29) is 11.8 Å². The summed E-state index contributed by atoms with van der Waals surface area (Å²) >= 11 is 0. The third-order valence-corrected chi connectivity index (χ3v) is 2.98. The number of nitrogens with one attached hydrogen (secondary N) is 1. The van der Waals surface area contributed by atoms with Crippen molar-refractivity contribution in [2.75, 3.05) is 11.9 Å². The van der Waals surface area contributed by atoms with Crippen molar-refractivity contribution in [1.82, 2.24) is 0 Å². The molecule has 0 heterocycles. The predicted molar refractivity (Wildman–Crippen MR) is 75.0 cm³/mol. The molecule has 0 aliphatic heterocycles. The lowest BCUT2D eigenvalue weighted by Crippen LogP contribution is -2.27. The monoisotopic (exact) mass is 243 g/mol. The molecule has 0 saturated heterocycles. The van der Waals surface area contributed by atoms with Crippen molar-refractivity contribution in [3.05, 3.63) is 42.5 Å². The number of benzene rings is 2. The van der Waals surface area contributed by atoms with Gasteiger partial charge in [-0.2, -0.15) is 0 Å². The quantitative estimate of drug-likeness (QED) is 0.334. The Labute approximate surface area is 106 Å². The molecule has 0 fully saturated rings. The maximum atomic E-state index is 8.58. The smallest absolute Gasteiger partial charge is 0.143 e. The molecule has 0 radical (unpaired) electrons. The molecule has 18 heavy (non-hydrogen) atoms. The maximum Gasteiger partial charge on any atom is 0.143 e. The molecule has 4 N–H and O–H groups in total. The van der Waals surface area contributed by atoms with Crippen molar-refractivity contribution < 1.29 is 5.21 Å². The van der Waals surface area contributed by atoms with E-state index in [4.69, 9.17) is 10.9 Å². The minimum Gasteiger partial charge on any atom is -0.409 e. The lowest BCUT2D eigenvalue weighted by atomic mass is 10.1. The van der Waals surface area contributed by atoms with E-state index in [0.717, 1.165) is 5.69 Å². The van der Waals surface area contributed by atoms with Gasteiger partial charge in [-0.05, 0) is 22.9 Å². The van der Waals surface area contributed by atoms with Gasteiger partial charge in [0.1, 0.15) is 5.84 Å². The fourth-order valence-electron chi connectivity index (χ4n) is 1.77. The predicted octanol–water partition coefficient (Wildman–Crippen LogP) is 2.63. The Hall–Kier alpha value is -2.23. The lowest BCUT2D eigenvalue weighted by Gasteiger charge is -2.12. The van der Waals surface area contributed by atoms with Crippen molar-refractivity contribution in [3.8, 4) is 0 Å². The van der Waals surface area contributed by atoms with Gasteiger partial charge in [0.2, 0.25) is 0 Å². The zero-order valence-electron chi connectivity index (χ0n) is 10.3. The number of oxime groups is 1. The van der Waals surface area contributed by atoms with Crippen LogP contribution in [0.3, 0.4) is 0 Å². The number of hydrogen-bond acceptors (Lipinski definition) is 3. The van der Waals surface area contributed by atoms with Crippen molar-refractivity contribution >= 4 is 22.3 Å². The van der Waals surface area contributed by atoms with Crippen LogP contribution in [0, 0.1) is 5.92 Å². The fraction of sp³-hybridized carbons (Fsp3) is 0.214. The molecule has 2 aromatic carbocycles. The van der Waals surface area contributed by atoms with Crippen LogP contribution in [-0.2, 0) is 0 Å². The van der Waals surface area contributed by atoms with E-state index < -0.39 is 0 Å². The Bertz CT molecular complexity index is 566. The lowest BCUT2D eigenvalue weighted by molar-refractivity contribution is 0.315. The van der Waals surface area contributed by atoms with Crippen molar-refractivity contribution in [2.24, 2.45) is 16.8 Å². The number of hydrogen-bond donors (Lipinski definition) is 3. The number of nitrogens with two attached hydrogens (primary N) is 1. The molecule has 0 aromatic heterocycles. The first kappa shape index (κ1) is 12.2. The standard InChI is InChI=1S/C14H17N3O/c1-10(14(15)17-18)9-16-13-7-6-11-4-2-3-5-12(11)8-13/h2-8,10,16,18H,9H2,1H3,(H2,15,17). The Balaban J connectivity index is 2.08. The molecule has 0 spiro atoms. The van der Waals surface area contributed by atoms with Gasteiger partial charge in [0.05, 0.1) is 0 Å². The SMILES string of the molecule is CC(CNc1ccc2ccccc2c1)C(N)=NO. The molecule has 0 aliphatic carbocycles. The molecule has 0 saturated carbocycles. The van der Waals surface area contributed by atoms with Gasteiger partial charge < -0.3 is 16.3 Å². The van der Waals surface area contributed by atoms with Crippen LogP contribution in [0.1, 0.15) is 6.92 Å². The van der Waals surface area contributed by atoms with Gasteiger partial charge in [0.25, 0.3) is 0 Å². The Morgan fingerprint density at radius 1 is 1.28 bits per heavy atom. The highest BCUT2D eigenvalue weighted by molar-refractivity contribution is 5.86. The third kappa shape index (κ3) is 2.71. The van der Waals surface area contributed by atoms with Crippen LogP contribution < -0.4 is 11.1 Å². The van der Waals surface area contributed by atoms with Crippen LogP contribution in [0.25, 0.3) is 10.8 Å². The van der Waals surface area contributed by atoms with Crippen LogP contribution in [0.4, 0.5) is 5.69 Å². The fourth-order valence-corrected chi connectivity index (χ4v) is 1.77. The molecule has 0 bridgehead atoms. The Morgan fingerprint density at radius 2 is 2.00 bits per heavy atom. The Kier molecular flexibility index (Phi) is 3.67. The van der Waals surface area contributed by atoms with Crippen LogP contribution in [0.2, 0.25) is 0 Å². The van der Waals surface area contributed by atoms with E-state index in [1.54, 1.807) is 0 Å². The summed E-state index contributed by atoms with van der Waals surface area (Å²) in [7, 11) is 0. The highest BCUT2D eigenvalue weighted by Crippen LogP contribution is 2.18. The molecule has 1 atom stereocenters.